The quantitative estimate of drug-likeness (QED) is 0.889. The Kier molecular flexibility index (Phi) is 3.66. The summed E-state index contributed by atoms with van der Waals surface area (Å²) in [5, 5.41) is 18.2. The van der Waals surface area contributed by atoms with Gasteiger partial charge in [-0.25, -0.2) is 9.18 Å². The Morgan fingerprint density at radius 1 is 1.16 bits per heavy atom. The van der Waals surface area contributed by atoms with Crippen LogP contribution < -0.4 is 4.74 Å². The van der Waals surface area contributed by atoms with Gasteiger partial charge in [-0.05, 0) is 35.9 Å². The van der Waals surface area contributed by atoms with Crippen LogP contribution in [0.5, 0.6) is 11.5 Å². The summed E-state index contributed by atoms with van der Waals surface area (Å²) in [7, 11) is 0. The Morgan fingerprint density at radius 2 is 1.84 bits per heavy atom. The molecule has 0 aliphatic heterocycles. The van der Waals surface area contributed by atoms with Crippen LogP contribution in [-0.4, -0.2) is 16.2 Å². The summed E-state index contributed by atoms with van der Waals surface area (Å²) in [5.41, 5.74) is 0.531. The Morgan fingerprint density at radius 3 is 2.47 bits per heavy atom. The van der Waals surface area contributed by atoms with E-state index in [0.717, 1.165) is 5.56 Å². The number of aromatic carboxylic acids is 1. The van der Waals surface area contributed by atoms with Crippen LogP contribution in [0.25, 0.3) is 0 Å². The Balaban J connectivity index is 2.09. The highest BCUT2D eigenvalue weighted by molar-refractivity contribution is 5.91. The first-order valence-electron chi connectivity index (χ1n) is 5.50. The van der Waals surface area contributed by atoms with Gasteiger partial charge in [0.15, 0.2) is 0 Å². The van der Waals surface area contributed by atoms with Crippen LogP contribution in [0.3, 0.4) is 0 Å². The molecular formula is C14H11FO4. The molecule has 0 radical (unpaired) electrons. The van der Waals surface area contributed by atoms with E-state index in [0.29, 0.717) is 5.75 Å². The summed E-state index contributed by atoms with van der Waals surface area (Å²) in [6, 6.07) is 9.74. The molecule has 4 nitrogen and oxygen atoms in total. The van der Waals surface area contributed by atoms with E-state index in [1.54, 1.807) is 12.1 Å². The SMILES string of the molecule is O=C(O)c1cc(OCc2ccc(F)cc2)ccc1O. The summed E-state index contributed by atoms with van der Waals surface area (Å²) in [4.78, 5) is 10.8. The lowest BCUT2D eigenvalue weighted by Crippen LogP contribution is -2.00. The molecule has 0 saturated heterocycles. The molecule has 0 unspecified atom stereocenters. The van der Waals surface area contributed by atoms with E-state index in [9.17, 15) is 14.3 Å². The molecular weight excluding hydrogens is 251 g/mol. The van der Waals surface area contributed by atoms with Crippen LogP contribution in [0, 0.1) is 5.82 Å². The Labute approximate surface area is 108 Å². The molecule has 0 aromatic heterocycles. The number of carbonyl (C=O) groups is 1. The maximum atomic E-state index is 12.7. The number of phenols is 1. The number of benzene rings is 2. The van der Waals surface area contributed by atoms with Crippen LogP contribution in [0.2, 0.25) is 0 Å². The zero-order valence-corrected chi connectivity index (χ0v) is 9.84. The predicted octanol–water partition coefficient (Wildman–Crippen LogP) is 2.81. The van der Waals surface area contributed by atoms with Gasteiger partial charge in [0.2, 0.25) is 0 Å². The monoisotopic (exact) mass is 262 g/mol. The molecule has 0 spiro atoms. The van der Waals surface area contributed by atoms with Crippen molar-refractivity contribution in [3.8, 4) is 11.5 Å². The van der Waals surface area contributed by atoms with Gasteiger partial charge in [-0.3, -0.25) is 0 Å². The van der Waals surface area contributed by atoms with Gasteiger partial charge < -0.3 is 14.9 Å². The minimum absolute atomic E-state index is 0.185. The van der Waals surface area contributed by atoms with Gasteiger partial charge >= 0.3 is 5.97 Å². The first-order valence-corrected chi connectivity index (χ1v) is 5.50. The number of ether oxygens (including phenoxy) is 1. The van der Waals surface area contributed by atoms with Crippen molar-refractivity contribution in [2.45, 2.75) is 6.61 Å². The van der Waals surface area contributed by atoms with Gasteiger partial charge in [0.05, 0.1) is 0 Å². The summed E-state index contributed by atoms with van der Waals surface area (Å²) in [6.45, 7) is 0.185. The molecule has 0 heterocycles. The highest BCUT2D eigenvalue weighted by atomic mass is 19.1. The third kappa shape index (κ3) is 3.22. The molecule has 2 N–H and O–H groups in total. The van der Waals surface area contributed by atoms with Gasteiger partial charge in [-0.1, -0.05) is 12.1 Å². The molecule has 98 valence electrons. The topological polar surface area (TPSA) is 66.8 Å². The van der Waals surface area contributed by atoms with Gasteiger partial charge in [0.25, 0.3) is 0 Å². The minimum Gasteiger partial charge on any atom is -0.507 e. The maximum Gasteiger partial charge on any atom is 0.339 e. The first-order chi connectivity index (χ1) is 9.06. The van der Waals surface area contributed by atoms with Crippen LogP contribution in [0.4, 0.5) is 4.39 Å². The highest BCUT2D eigenvalue weighted by Crippen LogP contribution is 2.23. The van der Waals surface area contributed by atoms with E-state index >= 15 is 0 Å². The molecule has 0 aliphatic rings. The molecule has 0 atom stereocenters. The number of carboxylic acids is 1. The molecule has 19 heavy (non-hydrogen) atoms. The molecule has 0 fully saturated rings. The predicted molar refractivity (Wildman–Crippen MR) is 65.8 cm³/mol. The molecule has 0 saturated carbocycles. The molecule has 0 amide bonds. The second kappa shape index (κ2) is 5.39. The lowest BCUT2D eigenvalue weighted by atomic mass is 10.2. The van der Waals surface area contributed by atoms with Crippen molar-refractivity contribution in [3.05, 3.63) is 59.4 Å². The van der Waals surface area contributed by atoms with Crippen molar-refractivity contribution in [1.82, 2.24) is 0 Å². The number of hydrogen-bond acceptors (Lipinski definition) is 3. The lowest BCUT2D eigenvalue weighted by Gasteiger charge is -2.08. The maximum absolute atomic E-state index is 12.7. The van der Waals surface area contributed by atoms with Crippen molar-refractivity contribution in [2.24, 2.45) is 0 Å². The third-order valence-electron chi connectivity index (χ3n) is 2.52. The molecule has 5 heteroatoms. The van der Waals surface area contributed by atoms with E-state index in [4.69, 9.17) is 9.84 Å². The number of halogens is 1. The minimum atomic E-state index is -1.23. The summed E-state index contributed by atoms with van der Waals surface area (Å²) < 4.78 is 18.1. The van der Waals surface area contributed by atoms with E-state index in [-0.39, 0.29) is 23.7 Å². The largest absolute Gasteiger partial charge is 0.507 e. The Bertz CT molecular complexity index is 593. The van der Waals surface area contributed by atoms with Gasteiger partial charge in [0, 0.05) is 0 Å². The van der Waals surface area contributed by atoms with E-state index < -0.39 is 5.97 Å². The summed E-state index contributed by atoms with van der Waals surface area (Å²) in [5.74, 6) is -1.56. The zero-order chi connectivity index (χ0) is 13.8. The van der Waals surface area contributed by atoms with Crippen molar-refractivity contribution in [3.63, 3.8) is 0 Å². The smallest absolute Gasteiger partial charge is 0.339 e. The van der Waals surface area contributed by atoms with Crippen LogP contribution in [0.15, 0.2) is 42.5 Å². The first kappa shape index (κ1) is 12.9. The average Bonchev–Trinajstić information content (AvgIpc) is 2.39. The van der Waals surface area contributed by atoms with Crippen molar-refractivity contribution >= 4 is 5.97 Å². The lowest BCUT2D eigenvalue weighted by molar-refractivity contribution is 0.0693. The fourth-order valence-electron chi connectivity index (χ4n) is 1.52. The van der Waals surface area contributed by atoms with E-state index in [1.165, 1.54) is 30.3 Å². The molecule has 2 rings (SSSR count). The second-order valence-electron chi connectivity index (χ2n) is 3.90. The third-order valence-corrected chi connectivity index (χ3v) is 2.52. The number of aromatic hydroxyl groups is 1. The van der Waals surface area contributed by atoms with Crippen molar-refractivity contribution in [1.29, 1.82) is 0 Å². The van der Waals surface area contributed by atoms with Crippen LogP contribution >= 0.6 is 0 Å². The van der Waals surface area contributed by atoms with Gasteiger partial charge in [-0.15, -0.1) is 0 Å². The molecule has 0 bridgehead atoms. The molecule has 2 aromatic rings. The highest BCUT2D eigenvalue weighted by Gasteiger charge is 2.10. The van der Waals surface area contributed by atoms with E-state index in [2.05, 4.69) is 0 Å². The second-order valence-corrected chi connectivity index (χ2v) is 3.90. The number of hydrogen-bond donors (Lipinski definition) is 2. The summed E-state index contributed by atoms with van der Waals surface area (Å²) in [6.07, 6.45) is 0. The zero-order valence-electron chi connectivity index (χ0n) is 9.84. The summed E-state index contributed by atoms with van der Waals surface area (Å²) >= 11 is 0. The van der Waals surface area contributed by atoms with Crippen molar-refractivity contribution < 1.29 is 24.1 Å². The van der Waals surface area contributed by atoms with Gasteiger partial charge in [0.1, 0.15) is 29.5 Å². The van der Waals surface area contributed by atoms with Crippen molar-refractivity contribution in [2.75, 3.05) is 0 Å². The van der Waals surface area contributed by atoms with Crippen LogP contribution in [-0.2, 0) is 6.61 Å². The fourth-order valence-corrected chi connectivity index (χ4v) is 1.52. The number of carboxylic acid groups (broad SMARTS) is 1. The normalized spacial score (nSPS) is 10.2. The molecule has 2 aromatic carbocycles. The van der Waals surface area contributed by atoms with Gasteiger partial charge in [-0.2, -0.15) is 0 Å². The van der Waals surface area contributed by atoms with E-state index in [1.807, 2.05) is 0 Å². The standard InChI is InChI=1S/C14H11FO4/c15-10-3-1-9(2-4-10)8-19-11-5-6-13(16)12(7-11)14(17)18/h1-7,16H,8H2,(H,17,18). The Hall–Kier alpha value is -2.56. The fraction of sp³-hybridized carbons (Fsp3) is 0.0714. The number of rotatable bonds is 4. The molecule has 0 aliphatic carbocycles. The van der Waals surface area contributed by atoms with Crippen LogP contribution in [0.1, 0.15) is 15.9 Å². The average molecular weight is 262 g/mol.